The van der Waals surface area contributed by atoms with E-state index < -0.39 is 0 Å². The molecule has 3 aliphatic heterocycles. The van der Waals surface area contributed by atoms with Crippen LogP contribution in [-0.4, -0.2) is 56.3 Å². The first kappa shape index (κ1) is 18.5. The molecule has 158 valence electrons. The molecule has 1 aliphatic carbocycles. The highest BCUT2D eigenvalue weighted by atomic mass is 19.1. The number of hydrogen-bond donors (Lipinski definition) is 0. The Labute approximate surface area is 178 Å². The number of nitrogens with zero attached hydrogens (tertiary/aromatic N) is 3. The van der Waals surface area contributed by atoms with Crippen molar-refractivity contribution in [3.8, 4) is 5.75 Å². The summed E-state index contributed by atoms with van der Waals surface area (Å²) in [7, 11) is 2.29. The Morgan fingerprint density at radius 3 is 2.87 bits per heavy atom. The van der Waals surface area contributed by atoms with Crippen LogP contribution in [0.2, 0.25) is 0 Å². The average molecular weight is 408 g/mol. The third-order valence-corrected chi connectivity index (χ3v) is 7.96. The molecule has 2 aromatic carbocycles. The van der Waals surface area contributed by atoms with Crippen LogP contribution in [0.5, 0.6) is 5.75 Å². The van der Waals surface area contributed by atoms with E-state index in [2.05, 4.69) is 39.9 Å². The van der Waals surface area contributed by atoms with Gasteiger partial charge in [0.1, 0.15) is 18.2 Å². The van der Waals surface area contributed by atoms with Crippen molar-refractivity contribution < 1.29 is 9.13 Å². The molecule has 2 atom stereocenters. The number of ether oxygens (including phenoxy) is 1. The summed E-state index contributed by atoms with van der Waals surface area (Å²) in [5.41, 5.74) is 5.73. The van der Waals surface area contributed by atoms with E-state index in [1.54, 1.807) is 11.6 Å². The predicted octanol–water partition coefficient (Wildman–Crippen LogP) is 4.17. The van der Waals surface area contributed by atoms with Crippen molar-refractivity contribution in [2.45, 2.75) is 43.7 Å². The molecule has 3 heterocycles. The molecule has 0 aromatic heterocycles. The number of piperidine rings is 1. The number of benzene rings is 2. The molecule has 1 saturated carbocycles. The van der Waals surface area contributed by atoms with Gasteiger partial charge in [-0.2, -0.15) is 0 Å². The van der Waals surface area contributed by atoms with Crippen molar-refractivity contribution in [1.29, 1.82) is 0 Å². The van der Waals surface area contributed by atoms with Crippen molar-refractivity contribution in [2.24, 2.45) is 0 Å². The van der Waals surface area contributed by atoms with E-state index in [-0.39, 0.29) is 5.82 Å². The summed E-state index contributed by atoms with van der Waals surface area (Å²) in [5, 5.41) is 0. The van der Waals surface area contributed by atoms with Crippen LogP contribution in [0.1, 0.15) is 36.3 Å². The van der Waals surface area contributed by atoms with Gasteiger partial charge in [-0.15, -0.1) is 0 Å². The number of likely N-dealkylation sites (N-methyl/N-ethyl adjacent to an activating group) is 1. The van der Waals surface area contributed by atoms with Crippen molar-refractivity contribution in [2.75, 3.05) is 49.6 Å². The van der Waals surface area contributed by atoms with Gasteiger partial charge in [-0.05, 0) is 61.6 Å². The van der Waals surface area contributed by atoms with Gasteiger partial charge in [0, 0.05) is 45.2 Å². The first-order chi connectivity index (χ1) is 14.6. The van der Waals surface area contributed by atoms with Gasteiger partial charge in [-0.25, -0.2) is 4.39 Å². The van der Waals surface area contributed by atoms with Gasteiger partial charge >= 0.3 is 0 Å². The van der Waals surface area contributed by atoms with Gasteiger partial charge in [0.25, 0.3) is 0 Å². The third kappa shape index (κ3) is 2.74. The minimum absolute atomic E-state index is 0.207. The number of aryl methyl sites for hydroxylation is 1. The van der Waals surface area contributed by atoms with Crippen LogP contribution in [0.4, 0.5) is 15.8 Å². The van der Waals surface area contributed by atoms with E-state index in [0.717, 1.165) is 30.9 Å². The van der Waals surface area contributed by atoms with E-state index in [0.29, 0.717) is 24.1 Å². The molecule has 4 nitrogen and oxygen atoms in total. The molecule has 0 bridgehead atoms. The zero-order valence-electron chi connectivity index (χ0n) is 17.9. The molecule has 0 N–H and O–H groups in total. The standard InChI is InChI=1S/C25H30FN3O/c1-17-14-18(26)6-7-23(17)30-13-12-28-11-8-21-20(15-28)19-4-3-5-22-24(19)29(21)16-25(9-10-25)27(22)2/h3-7,14,20-21H,8-13,15-16H2,1-2H3/t20-,21-/m0/s1. The topological polar surface area (TPSA) is 19.0 Å². The molecule has 1 saturated heterocycles. The lowest BCUT2D eigenvalue weighted by Gasteiger charge is -2.46. The molecular weight excluding hydrogens is 377 g/mol. The maximum absolute atomic E-state index is 13.3. The Morgan fingerprint density at radius 1 is 1.20 bits per heavy atom. The lowest BCUT2D eigenvalue weighted by atomic mass is 9.89. The Balaban J connectivity index is 1.16. The number of likely N-dealkylation sites (tertiary alicyclic amines) is 1. The summed E-state index contributed by atoms with van der Waals surface area (Å²) in [6.45, 7) is 6.87. The quantitative estimate of drug-likeness (QED) is 0.757. The van der Waals surface area contributed by atoms with Crippen molar-refractivity contribution in [3.05, 3.63) is 53.3 Å². The van der Waals surface area contributed by atoms with Crippen molar-refractivity contribution in [3.63, 3.8) is 0 Å². The van der Waals surface area contributed by atoms with Crippen molar-refractivity contribution in [1.82, 2.24) is 4.90 Å². The minimum atomic E-state index is -0.207. The molecule has 4 aliphatic rings. The van der Waals surface area contributed by atoms with Gasteiger partial charge in [-0.3, -0.25) is 4.90 Å². The number of para-hydroxylation sites is 1. The van der Waals surface area contributed by atoms with Gasteiger partial charge in [-0.1, -0.05) is 12.1 Å². The first-order valence-corrected chi connectivity index (χ1v) is 11.3. The summed E-state index contributed by atoms with van der Waals surface area (Å²) >= 11 is 0. The average Bonchev–Trinajstić information content (AvgIpc) is 3.45. The normalized spacial score (nSPS) is 26.0. The summed E-state index contributed by atoms with van der Waals surface area (Å²) in [6, 6.07) is 12.3. The lowest BCUT2D eigenvalue weighted by molar-refractivity contribution is 0.160. The van der Waals surface area contributed by atoms with Crippen LogP contribution in [-0.2, 0) is 0 Å². The molecule has 2 fully saturated rings. The number of rotatable bonds is 4. The maximum atomic E-state index is 13.3. The molecule has 0 unspecified atom stereocenters. The molecule has 1 spiro atoms. The Hall–Kier alpha value is -2.27. The molecule has 2 aromatic rings. The molecule has 0 amide bonds. The zero-order chi connectivity index (χ0) is 20.5. The summed E-state index contributed by atoms with van der Waals surface area (Å²) in [6.07, 6.45) is 3.87. The fourth-order valence-electron chi connectivity index (χ4n) is 6.06. The molecule has 0 radical (unpaired) electrons. The third-order valence-electron chi connectivity index (χ3n) is 7.96. The first-order valence-electron chi connectivity index (χ1n) is 11.3. The van der Waals surface area contributed by atoms with Gasteiger partial charge in [0.2, 0.25) is 0 Å². The van der Waals surface area contributed by atoms with Crippen LogP contribution < -0.4 is 14.5 Å². The highest BCUT2D eigenvalue weighted by molar-refractivity contribution is 5.82. The maximum Gasteiger partial charge on any atom is 0.123 e. The molecule has 30 heavy (non-hydrogen) atoms. The highest BCUT2D eigenvalue weighted by Gasteiger charge is 2.56. The van der Waals surface area contributed by atoms with Crippen LogP contribution in [0.25, 0.3) is 0 Å². The van der Waals surface area contributed by atoms with E-state index in [1.165, 1.54) is 49.3 Å². The minimum Gasteiger partial charge on any atom is -0.492 e. The van der Waals surface area contributed by atoms with E-state index in [1.807, 2.05) is 6.92 Å². The fourth-order valence-corrected chi connectivity index (χ4v) is 6.06. The second-order valence-corrected chi connectivity index (χ2v) is 9.65. The van der Waals surface area contributed by atoms with Crippen LogP contribution in [0, 0.1) is 12.7 Å². The summed E-state index contributed by atoms with van der Waals surface area (Å²) in [5.74, 6) is 1.17. The number of halogens is 1. The Bertz CT molecular complexity index is 988. The largest absolute Gasteiger partial charge is 0.492 e. The predicted molar refractivity (Wildman–Crippen MR) is 118 cm³/mol. The smallest absolute Gasteiger partial charge is 0.123 e. The molecular formula is C25H30FN3O. The second-order valence-electron chi connectivity index (χ2n) is 9.65. The van der Waals surface area contributed by atoms with Gasteiger partial charge in [0.15, 0.2) is 0 Å². The van der Waals surface area contributed by atoms with Crippen LogP contribution >= 0.6 is 0 Å². The highest BCUT2D eigenvalue weighted by Crippen LogP contribution is 2.57. The van der Waals surface area contributed by atoms with Crippen molar-refractivity contribution >= 4 is 11.4 Å². The molecule has 5 heteroatoms. The number of anilines is 2. The number of fused-ring (bicyclic) bond motifs is 3. The van der Waals surface area contributed by atoms with E-state index >= 15 is 0 Å². The summed E-state index contributed by atoms with van der Waals surface area (Å²) < 4.78 is 19.3. The van der Waals surface area contributed by atoms with Crippen LogP contribution in [0.3, 0.4) is 0 Å². The fraction of sp³-hybridized carbons (Fsp3) is 0.520. The van der Waals surface area contributed by atoms with Crippen LogP contribution in [0.15, 0.2) is 36.4 Å². The summed E-state index contributed by atoms with van der Waals surface area (Å²) in [4.78, 5) is 7.88. The lowest BCUT2D eigenvalue weighted by Crippen LogP contribution is -2.54. The Morgan fingerprint density at radius 2 is 2.07 bits per heavy atom. The Kier molecular flexibility index (Phi) is 4.08. The SMILES string of the molecule is Cc1cc(F)ccc1OCCN1CC[C@H]2[C@@H](C1)c1cccc3c1N2CC1(CC1)N3C. The van der Waals surface area contributed by atoms with Gasteiger partial charge in [0.05, 0.1) is 16.9 Å². The van der Waals surface area contributed by atoms with E-state index in [4.69, 9.17) is 4.74 Å². The van der Waals surface area contributed by atoms with Gasteiger partial charge < -0.3 is 14.5 Å². The monoisotopic (exact) mass is 407 g/mol. The van der Waals surface area contributed by atoms with E-state index in [9.17, 15) is 4.39 Å². The molecule has 6 rings (SSSR count). The zero-order valence-corrected chi connectivity index (χ0v) is 17.9. The number of hydrogen-bond acceptors (Lipinski definition) is 4. The second kappa shape index (κ2) is 6.61.